The summed E-state index contributed by atoms with van der Waals surface area (Å²) >= 11 is 0. The van der Waals surface area contributed by atoms with Gasteiger partial charge in [0.15, 0.2) is 0 Å². The summed E-state index contributed by atoms with van der Waals surface area (Å²) in [5.41, 5.74) is 14.6. The van der Waals surface area contributed by atoms with Gasteiger partial charge in [0.05, 0.1) is 0 Å². The van der Waals surface area contributed by atoms with E-state index in [-0.39, 0.29) is 0 Å². The molecule has 0 N–H and O–H groups in total. The Labute approximate surface area is 360 Å². The lowest BCUT2D eigenvalue weighted by Gasteiger charge is -2.26. The minimum absolute atomic E-state index is 0.899. The van der Waals surface area contributed by atoms with Gasteiger partial charge in [-0.15, -0.1) is 0 Å². The number of nitrogens with zero attached hydrogens (tertiary/aromatic N) is 1. The van der Waals surface area contributed by atoms with E-state index in [4.69, 9.17) is 4.42 Å². The number of rotatable bonds is 7. The zero-order valence-corrected chi connectivity index (χ0v) is 33.9. The summed E-state index contributed by atoms with van der Waals surface area (Å²) in [4.78, 5) is 2.35. The lowest BCUT2D eigenvalue weighted by molar-refractivity contribution is 0.669. The largest absolute Gasteiger partial charge is 0.456 e. The van der Waals surface area contributed by atoms with Crippen LogP contribution < -0.4 is 4.90 Å². The maximum absolute atomic E-state index is 6.26. The monoisotopic (exact) mass is 789 g/mol. The summed E-state index contributed by atoms with van der Waals surface area (Å²) in [5, 5.41) is 9.79. The average Bonchev–Trinajstić information content (AvgIpc) is 3.72. The van der Waals surface area contributed by atoms with Crippen LogP contribution in [0.15, 0.2) is 241 Å². The summed E-state index contributed by atoms with van der Waals surface area (Å²) in [6, 6.07) is 85.5. The van der Waals surface area contributed by atoms with Gasteiger partial charge in [-0.1, -0.05) is 176 Å². The van der Waals surface area contributed by atoms with E-state index in [0.29, 0.717) is 0 Å². The molecule has 290 valence electrons. The third-order valence-electron chi connectivity index (χ3n) is 12.5. The number of furan rings is 1. The Hall–Kier alpha value is -8.20. The van der Waals surface area contributed by atoms with Crippen LogP contribution in [0.2, 0.25) is 0 Å². The van der Waals surface area contributed by atoms with E-state index in [1.54, 1.807) is 0 Å². The molecule has 0 spiro atoms. The van der Waals surface area contributed by atoms with Crippen molar-refractivity contribution in [2.45, 2.75) is 0 Å². The van der Waals surface area contributed by atoms with Gasteiger partial charge < -0.3 is 9.32 Å². The maximum atomic E-state index is 6.26. The van der Waals surface area contributed by atoms with Crippen LogP contribution >= 0.6 is 0 Å². The molecule has 0 saturated heterocycles. The lowest BCUT2D eigenvalue weighted by atomic mass is 9.86. The van der Waals surface area contributed by atoms with E-state index in [1.807, 2.05) is 12.1 Å². The Morgan fingerprint density at radius 1 is 0.258 bits per heavy atom. The highest BCUT2D eigenvalue weighted by Gasteiger charge is 2.19. The zero-order valence-electron chi connectivity index (χ0n) is 33.9. The van der Waals surface area contributed by atoms with Crippen molar-refractivity contribution in [3.63, 3.8) is 0 Å². The molecular weight excluding hydrogens is 751 g/mol. The molecule has 0 aliphatic carbocycles. The molecule has 0 saturated carbocycles. The fourth-order valence-electron chi connectivity index (χ4n) is 9.44. The van der Waals surface area contributed by atoms with Crippen molar-refractivity contribution in [2.75, 3.05) is 4.90 Å². The normalized spacial score (nSPS) is 11.5. The molecule has 12 aromatic rings. The van der Waals surface area contributed by atoms with Gasteiger partial charge in [-0.05, 0) is 137 Å². The highest BCUT2D eigenvalue weighted by molar-refractivity contribution is 6.18. The first-order chi connectivity index (χ1) is 30.7. The molecule has 0 amide bonds. The maximum Gasteiger partial charge on any atom is 0.136 e. The predicted octanol–water partition coefficient (Wildman–Crippen LogP) is 17.2. The van der Waals surface area contributed by atoms with Crippen LogP contribution in [-0.4, -0.2) is 0 Å². The van der Waals surface area contributed by atoms with Crippen molar-refractivity contribution >= 4 is 71.3 Å². The number of para-hydroxylation sites is 1. The van der Waals surface area contributed by atoms with E-state index in [1.165, 1.54) is 65.7 Å². The van der Waals surface area contributed by atoms with Gasteiger partial charge in [-0.25, -0.2) is 0 Å². The van der Waals surface area contributed by atoms with Crippen LogP contribution in [0.5, 0.6) is 0 Å². The average molecular weight is 790 g/mol. The first-order valence-corrected chi connectivity index (χ1v) is 21.2. The van der Waals surface area contributed by atoms with Gasteiger partial charge >= 0.3 is 0 Å². The molecule has 2 heteroatoms. The molecule has 0 aliphatic heterocycles. The van der Waals surface area contributed by atoms with Gasteiger partial charge in [0.2, 0.25) is 0 Å². The Balaban J connectivity index is 0.969. The molecule has 0 aliphatic rings. The topological polar surface area (TPSA) is 16.4 Å². The van der Waals surface area contributed by atoms with Crippen LogP contribution in [0.3, 0.4) is 0 Å². The molecular formula is C60H39NO. The molecule has 0 bridgehead atoms. The standard InChI is InChI=1S/C60H39NO/c1-2-12-40(13-3-1)41-22-30-47(31-23-41)61(48-32-24-42(25-33-48)45-29-37-56-55-20-10-11-21-58(55)62-59(56)39-45)49-34-26-44(27-35-49)52-36-28-43-14-4-7-17-51(43)60(52)57-38-46-15-5-6-16-50(46)53-18-8-9-19-54(53)57/h1-39H. The zero-order chi connectivity index (χ0) is 41.0. The number of benzene rings is 11. The number of hydrogen-bond donors (Lipinski definition) is 0. The van der Waals surface area contributed by atoms with E-state index in [2.05, 4.69) is 229 Å². The van der Waals surface area contributed by atoms with Gasteiger partial charge in [-0.2, -0.15) is 0 Å². The smallest absolute Gasteiger partial charge is 0.136 e. The molecule has 62 heavy (non-hydrogen) atoms. The Bertz CT molecular complexity index is 3600. The summed E-state index contributed by atoms with van der Waals surface area (Å²) in [6.07, 6.45) is 0. The Morgan fingerprint density at radius 3 is 1.47 bits per heavy atom. The van der Waals surface area contributed by atoms with E-state index >= 15 is 0 Å². The molecule has 11 aromatic carbocycles. The highest BCUT2D eigenvalue weighted by atomic mass is 16.3. The van der Waals surface area contributed by atoms with Crippen molar-refractivity contribution in [3.8, 4) is 44.5 Å². The molecule has 0 fully saturated rings. The second-order valence-corrected chi connectivity index (χ2v) is 16.1. The van der Waals surface area contributed by atoms with Gasteiger partial charge in [0.1, 0.15) is 11.2 Å². The summed E-state index contributed by atoms with van der Waals surface area (Å²) in [6.45, 7) is 0. The number of anilines is 3. The Kier molecular flexibility index (Phi) is 8.53. The summed E-state index contributed by atoms with van der Waals surface area (Å²) < 4.78 is 6.26. The van der Waals surface area contributed by atoms with Crippen molar-refractivity contribution in [2.24, 2.45) is 0 Å². The van der Waals surface area contributed by atoms with Crippen LogP contribution in [0.4, 0.5) is 17.1 Å². The molecule has 0 atom stereocenters. The van der Waals surface area contributed by atoms with Crippen LogP contribution in [0, 0.1) is 0 Å². The van der Waals surface area contributed by atoms with E-state index in [9.17, 15) is 0 Å². The van der Waals surface area contributed by atoms with Crippen molar-refractivity contribution < 1.29 is 4.42 Å². The first-order valence-electron chi connectivity index (χ1n) is 21.2. The number of fused-ring (bicyclic) bond motifs is 7. The lowest BCUT2D eigenvalue weighted by Crippen LogP contribution is -2.09. The second-order valence-electron chi connectivity index (χ2n) is 16.1. The third kappa shape index (κ3) is 6.12. The summed E-state index contributed by atoms with van der Waals surface area (Å²) in [7, 11) is 0. The molecule has 1 aromatic heterocycles. The molecule has 12 rings (SSSR count). The van der Waals surface area contributed by atoms with Crippen molar-refractivity contribution in [1.29, 1.82) is 0 Å². The SMILES string of the molecule is c1ccc(-c2ccc(N(c3ccc(-c4ccc5c(c4)oc4ccccc45)cc3)c3ccc(-c4ccc5ccccc5c4-c4cc5ccccc5c5ccccc45)cc3)cc2)cc1. The number of hydrogen-bond acceptors (Lipinski definition) is 2. The third-order valence-corrected chi connectivity index (χ3v) is 12.5. The van der Waals surface area contributed by atoms with Gasteiger partial charge in [0.25, 0.3) is 0 Å². The minimum atomic E-state index is 0.899. The van der Waals surface area contributed by atoms with E-state index < -0.39 is 0 Å². The highest BCUT2D eigenvalue weighted by Crippen LogP contribution is 2.45. The fourth-order valence-corrected chi connectivity index (χ4v) is 9.44. The van der Waals surface area contributed by atoms with Crippen LogP contribution in [-0.2, 0) is 0 Å². The second kappa shape index (κ2) is 14.8. The van der Waals surface area contributed by atoms with Crippen LogP contribution in [0.1, 0.15) is 0 Å². The van der Waals surface area contributed by atoms with Crippen LogP contribution in [0.25, 0.3) is 98.8 Å². The van der Waals surface area contributed by atoms with Gasteiger partial charge in [0, 0.05) is 27.8 Å². The van der Waals surface area contributed by atoms with Crippen molar-refractivity contribution in [1.82, 2.24) is 0 Å². The quantitative estimate of drug-likeness (QED) is 0.150. The van der Waals surface area contributed by atoms with Crippen molar-refractivity contribution in [3.05, 3.63) is 237 Å². The van der Waals surface area contributed by atoms with E-state index in [0.717, 1.165) is 50.1 Å². The molecule has 2 nitrogen and oxygen atoms in total. The van der Waals surface area contributed by atoms with Gasteiger partial charge in [-0.3, -0.25) is 0 Å². The predicted molar refractivity (Wildman–Crippen MR) is 263 cm³/mol. The molecule has 0 unspecified atom stereocenters. The molecule has 1 heterocycles. The minimum Gasteiger partial charge on any atom is -0.456 e. The fraction of sp³-hybridized carbons (Fsp3) is 0. The Morgan fingerprint density at radius 2 is 0.758 bits per heavy atom. The first kappa shape index (κ1) is 35.7. The molecule has 0 radical (unpaired) electrons. The summed E-state index contributed by atoms with van der Waals surface area (Å²) in [5.74, 6) is 0.